The summed E-state index contributed by atoms with van der Waals surface area (Å²) in [7, 11) is 0. The second-order valence-electron chi connectivity index (χ2n) is 1.72. The molecule has 0 unspecified atom stereocenters. The standard InChI is InChI=1S/C5H3ClN4O/c6-4-1-2-5(8-9-7)10(11)3-4/h1-3H. The Bertz CT molecular complexity index is 320. The van der Waals surface area contributed by atoms with Crippen molar-refractivity contribution in [2.45, 2.75) is 0 Å². The molecule has 0 saturated heterocycles. The van der Waals surface area contributed by atoms with E-state index in [-0.39, 0.29) is 5.82 Å². The van der Waals surface area contributed by atoms with Gasteiger partial charge >= 0.3 is 10.9 Å². The minimum atomic E-state index is -0.0168. The van der Waals surface area contributed by atoms with Gasteiger partial charge in [0.1, 0.15) is 6.20 Å². The Morgan fingerprint density at radius 2 is 2.36 bits per heavy atom. The zero-order chi connectivity index (χ0) is 8.27. The first-order valence-electron chi connectivity index (χ1n) is 2.68. The summed E-state index contributed by atoms with van der Waals surface area (Å²) in [6, 6.07) is 2.81. The van der Waals surface area contributed by atoms with Gasteiger partial charge in [0.15, 0.2) is 0 Å². The largest absolute Gasteiger partial charge is 0.710 e. The molecule has 1 aromatic rings. The van der Waals surface area contributed by atoms with E-state index in [0.29, 0.717) is 9.75 Å². The Balaban J connectivity index is 3.19. The fraction of sp³-hybridized carbons (Fsp3) is 0. The van der Waals surface area contributed by atoms with Crippen LogP contribution in [0.25, 0.3) is 10.4 Å². The summed E-state index contributed by atoms with van der Waals surface area (Å²) >= 11 is 5.46. The monoisotopic (exact) mass is 170 g/mol. The molecule has 1 rings (SSSR count). The van der Waals surface area contributed by atoms with Gasteiger partial charge in [0.25, 0.3) is 0 Å². The van der Waals surface area contributed by atoms with Gasteiger partial charge < -0.3 is 5.21 Å². The first kappa shape index (κ1) is 7.65. The van der Waals surface area contributed by atoms with Crippen LogP contribution in [0.3, 0.4) is 0 Å². The van der Waals surface area contributed by atoms with Crippen molar-refractivity contribution in [2.24, 2.45) is 5.11 Å². The maximum atomic E-state index is 10.8. The molecule has 1 aromatic heterocycles. The van der Waals surface area contributed by atoms with E-state index < -0.39 is 0 Å². The van der Waals surface area contributed by atoms with Crippen LogP contribution < -0.4 is 4.73 Å². The third-order valence-electron chi connectivity index (χ3n) is 1.01. The van der Waals surface area contributed by atoms with Gasteiger partial charge in [0.2, 0.25) is 4.91 Å². The van der Waals surface area contributed by atoms with Crippen molar-refractivity contribution in [1.82, 2.24) is 0 Å². The van der Waals surface area contributed by atoms with Crippen LogP contribution in [0.1, 0.15) is 0 Å². The van der Waals surface area contributed by atoms with Crippen molar-refractivity contribution >= 4 is 17.4 Å². The predicted molar refractivity (Wildman–Crippen MR) is 39.2 cm³/mol. The fourth-order valence-corrected chi connectivity index (χ4v) is 0.724. The highest BCUT2D eigenvalue weighted by Crippen LogP contribution is 2.09. The topological polar surface area (TPSA) is 75.7 Å². The van der Waals surface area contributed by atoms with Crippen LogP contribution in [-0.2, 0) is 0 Å². The molecular formula is C5H3ClN4O. The SMILES string of the molecule is [N-]=[N+]=Nc1ccc(Cl)c[n+]1[O-]. The average Bonchev–Trinajstić information content (AvgIpc) is 1.95. The highest BCUT2D eigenvalue weighted by atomic mass is 35.5. The molecule has 0 amide bonds. The second kappa shape index (κ2) is 3.09. The Hall–Kier alpha value is -1.45. The Labute approximate surface area is 67.0 Å². The van der Waals surface area contributed by atoms with Crippen LogP contribution in [0.4, 0.5) is 5.82 Å². The van der Waals surface area contributed by atoms with Crippen molar-refractivity contribution in [2.75, 3.05) is 0 Å². The van der Waals surface area contributed by atoms with Crippen LogP contribution in [0, 0.1) is 5.21 Å². The lowest BCUT2D eigenvalue weighted by atomic mass is 10.5. The van der Waals surface area contributed by atoms with Gasteiger partial charge in [-0.15, -0.1) is 0 Å². The molecular weight excluding hydrogens is 168 g/mol. The van der Waals surface area contributed by atoms with E-state index in [2.05, 4.69) is 10.0 Å². The van der Waals surface area contributed by atoms with E-state index in [1.165, 1.54) is 12.1 Å². The molecule has 0 spiro atoms. The van der Waals surface area contributed by atoms with E-state index in [1.54, 1.807) is 0 Å². The maximum absolute atomic E-state index is 10.8. The van der Waals surface area contributed by atoms with Crippen LogP contribution in [0.5, 0.6) is 0 Å². The molecule has 0 bridgehead atoms. The molecule has 0 aliphatic rings. The van der Waals surface area contributed by atoms with E-state index in [4.69, 9.17) is 17.1 Å². The summed E-state index contributed by atoms with van der Waals surface area (Å²) < 4.78 is 0.405. The summed E-state index contributed by atoms with van der Waals surface area (Å²) in [5.41, 5.74) is 7.99. The maximum Gasteiger partial charge on any atom is 0.419 e. The number of azide groups is 1. The quantitative estimate of drug-likeness (QED) is 0.209. The number of hydrogen-bond acceptors (Lipinski definition) is 2. The van der Waals surface area contributed by atoms with Gasteiger partial charge in [0, 0.05) is 11.6 Å². The van der Waals surface area contributed by atoms with Crippen LogP contribution in [-0.4, -0.2) is 0 Å². The molecule has 5 nitrogen and oxygen atoms in total. The molecule has 6 heteroatoms. The number of nitrogens with zero attached hydrogens (tertiary/aromatic N) is 4. The number of aromatic nitrogens is 1. The minimum Gasteiger partial charge on any atom is -0.710 e. The average molecular weight is 171 g/mol. The summed E-state index contributed by atoms with van der Waals surface area (Å²) in [5.74, 6) is -0.0168. The van der Waals surface area contributed by atoms with Gasteiger partial charge in [-0.25, -0.2) is 4.73 Å². The highest BCUT2D eigenvalue weighted by Gasteiger charge is 2.08. The molecule has 56 valence electrons. The van der Waals surface area contributed by atoms with Crippen molar-refractivity contribution in [1.29, 1.82) is 0 Å². The van der Waals surface area contributed by atoms with Crippen LogP contribution in [0.15, 0.2) is 23.4 Å². The van der Waals surface area contributed by atoms with Crippen molar-refractivity contribution in [3.63, 3.8) is 0 Å². The summed E-state index contributed by atoms with van der Waals surface area (Å²) in [6.07, 6.45) is 1.12. The zero-order valence-corrected chi connectivity index (χ0v) is 6.06. The molecule has 0 atom stereocenters. The minimum absolute atomic E-state index is 0.0168. The normalized spacial score (nSPS) is 8.82. The lowest BCUT2D eigenvalue weighted by Crippen LogP contribution is -2.24. The zero-order valence-electron chi connectivity index (χ0n) is 5.31. The number of halogens is 1. The molecule has 0 aliphatic carbocycles. The van der Waals surface area contributed by atoms with Crippen molar-refractivity contribution in [3.05, 3.63) is 39.0 Å². The number of pyridine rings is 1. The van der Waals surface area contributed by atoms with Gasteiger partial charge in [-0.1, -0.05) is 11.6 Å². The highest BCUT2D eigenvalue weighted by molar-refractivity contribution is 6.30. The number of rotatable bonds is 1. The van der Waals surface area contributed by atoms with Gasteiger partial charge in [-0.05, 0) is 6.07 Å². The van der Waals surface area contributed by atoms with Crippen molar-refractivity contribution in [3.8, 4) is 0 Å². The summed E-state index contributed by atoms with van der Waals surface area (Å²) in [5, 5.41) is 14.2. The van der Waals surface area contributed by atoms with E-state index in [1.807, 2.05) is 0 Å². The van der Waals surface area contributed by atoms with Crippen molar-refractivity contribution < 1.29 is 4.73 Å². The lowest BCUT2D eigenvalue weighted by Gasteiger charge is -1.98. The third kappa shape index (κ3) is 1.73. The lowest BCUT2D eigenvalue weighted by molar-refractivity contribution is -0.591. The molecule has 0 N–H and O–H groups in total. The van der Waals surface area contributed by atoms with Crippen LogP contribution in [0.2, 0.25) is 5.02 Å². The molecule has 0 aromatic carbocycles. The van der Waals surface area contributed by atoms with Gasteiger partial charge in [-0.2, -0.15) is 0 Å². The number of hydrogen-bond donors (Lipinski definition) is 0. The second-order valence-corrected chi connectivity index (χ2v) is 2.16. The third-order valence-corrected chi connectivity index (χ3v) is 1.23. The molecule has 0 saturated carbocycles. The van der Waals surface area contributed by atoms with Gasteiger partial charge in [0.05, 0.1) is 5.02 Å². The smallest absolute Gasteiger partial charge is 0.419 e. The first-order valence-corrected chi connectivity index (χ1v) is 3.05. The molecule has 0 aliphatic heterocycles. The van der Waals surface area contributed by atoms with E-state index in [9.17, 15) is 5.21 Å². The Kier molecular flexibility index (Phi) is 2.15. The summed E-state index contributed by atoms with van der Waals surface area (Å²) in [4.78, 5) is 2.46. The van der Waals surface area contributed by atoms with Crippen LogP contribution >= 0.6 is 11.6 Å². The molecule has 11 heavy (non-hydrogen) atoms. The Morgan fingerprint density at radius 1 is 1.64 bits per heavy atom. The van der Waals surface area contributed by atoms with E-state index >= 15 is 0 Å². The van der Waals surface area contributed by atoms with E-state index in [0.717, 1.165) is 6.20 Å². The molecule has 1 heterocycles. The Morgan fingerprint density at radius 3 is 2.91 bits per heavy atom. The van der Waals surface area contributed by atoms with Gasteiger partial charge in [-0.3, -0.25) is 0 Å². The first-order chi connectivity index (χ1) is 5.24. The summed E-state index contributed by atoms with van der Waals surface area (Å²) in [6.45, 7) is 0. The molecule has 0 fully saturated rings. The predicted octanol–water partition coefficient (Wildman–Crippen LogP) is 1.92. The molecule has 0 radical (unpaired) electrons. The fourth-order valence-electron chi connectivity index (χ4n) is 0.572.